The number of nitriles is 1. The quantitative estimate of drug-likeness (QED) is 0.934. The molecule has 1 saturated carbocycles. The Balaban J connectivity index is 1.70. The van der Waals surface area contributed by atoms with E-state index in [2.05, 4.69) is 21.5 Å². The third-order valence-electron chi connectivity index (χ3n) is 3.90. The van der Waals surface area contributed by atoms with Crippen LogP contribution >= 0.6 is 0 Å². The van der Waals surface area contributed by atoms with Crippen molar-refractivity contribution in [3.8, 4) is 17.3 Å². The highest BCUT2D eigenvalue weighted by atomic mass is 16.5. The fourth-order valence-corrected chi connectivity index (χ4v) is 2.76. The lowest BCUT2D eigenvalue weighted by molar-refractivity contribution is 0.0169. The molecule has 1 aliphatic rings. The van der Waals surface area contributed by atoms with Gasteiger partial charge in [-0.1, -0.05) is 42.7 Å². The molecule has 1 aliphatic carbocycles. The van der Waals surface area contributed by atoms with E-state index in [1.165, 1.54) is 32.1 Å². The number of ether oxygens (including phenoxy) is 1. The van der Waals surface area contributed by atoms with Crippen molar-refractivity contribution in [1.82, 2.24) is 15.4 Å². The number of hydrogen-bond acceptors (Lipinski definition) is 4. The third kappa shape index (κ3) is 3.29. The van der Waals surface area contributed by atoms with Crippen molar-refractivity contribution in [3.05, 3.63) is 35.5 Å². The Morgan fingerprint density at radius 2 is 2.14 bits per heavy atom. The van der Waals surface area contributed by atoms with E-state index in [1.807, 2.05) is 24.3 Å². The molecule has 0 saturated heterocycles. The average Bonchev–Trinajstić information content (AvgIpc) is 3.03. The molecule has 0 aliphatic heterocycles. The SMILES string of the molecule is N#Cc1[nH]nnc1-c1cccc(COC2CCCCC2)c1. The Labute approximate surface area is 123 Å². The summed E-state index contributed by atoms with van der Waals surface area (Å²) in [4.78, 5) is 0. The summed E-state index contributed by atoms with van der Waals surface area (Å²) >= 11 is 0. The van der Waals surface area contributed by atoms with Crippen LogP contribution in [0.2, 0.25) is 0 Å². The van der Waals surface area contributed by atoms with Crippen molar-refractivity contribution in [2.45, 2.75) is 44.8 Å². The van der Waals surface area contributed by atoms with Gasteiger partial charge in [-0.25, -0.2) is 5.10 Å². The summed E-state index contributed by atoms with van der Waals surface area (Å²) in [6.07, 6.45) is 6.61. The molecule has 0 bridgehead atoms. The highest BCUT2D eigenvalue weighted by Crippen LogP contribution is 2.23. The molecule has 1 N–H and O–H groups in total. The molecule has 0 radical (unpaired) electrons. The molecule has 2 aromatic rings. The van der Waals surface area contributed by atoms with Crippen LogP contribution in [0.25, 0.3) is 11.3 Å². The summed E-state index contributed by atoms with van der Waals surface area (Å²) in [6.45, 7) is 0.609. The molecule has 0 spiro atoms. The van der Waals surface area contributed by atoms with E-state index < -0.39 is 0 Å². The van der Waals surface area contributed by atoms with Crippen molar-refractivity contribution >= 4 is 0 Å². The predicted octanol–water partition coefficient (Wildman–Crippen LogP) is 3.19. The zero-order valence-corrected chi connectivity index (χ0v) is 11.9. The van der Waals surface area contributed by atoms with Crippen LogP contribution in [0.1, 0.15) is 43.4 Å². The van der Waals surface area contributed by atoms with E-state index in [0.29, 0.717) is 24.1 Å². The maximum atomic E-state index is 9.03. The van der Waals surface area contributed by atoms with E-state index in [4.69, 9.17) is 10.00 Å². The molecule has 3 rings (SSSR count). The van der Waals surface area contributed by atoms with E-state index >= 15 is 0 Å². The average molecular weight is 282 g/mol. The number of hydrogen-bond donors (Lipinski definition) is 1. The number of rotatable bonds is 4. The minimum atomic E-state index is 0.389. The zero-order chi connectivity index (χ0) is 14.5. The van der Waals surface area contributed by atoms with Crippen LogP contribution in [0, 0.1) is 11.3 Å². The number of nitrogens with one attached hydrogen (secondary N) is 1. The first-order valence-corrected chi connectivity index (χ1v) is 7.39. The number of H-pyrrole nitrogens is 1. The second-order valence-electron chi connectivity index (χ2n) is 5.42. The van der Waals surface area contributed by atoms with Crippen LogP contribution < -0.4 is 0 Å². The first kappa shape index (κ1) is 13.8. The molecule has 1 aromatic heterocycles. The molecule has 108 valence electrons. The summed E-state index contributed by atoms with van der Waals surface area (Å²) in [5, 5.41) is 19.3. The smallest absolute Gasteiger partial charge is 0.163 e. The molecular formula is C16H18N4O. The summed E-state index contributed by atoms with van der Waals surface area (Å²) < 4.78 is 5.99. The van der Waals surface area contributed by atoms with Gasteiger partial charge < -0.3 is 4.74 Å². The zero-order valence-electron chi connectivity index (χ0n) is 11.9. The van der Waals surface area contributed by atoms with Crippen LogP contribution in [0.15, 0.2) is 24.3 Å². The minimum absolute atomic E-state index is 0.389. The van der Waals surface area contributed by atoms with E-state index in [1.54, 1.807) is 0 Å². The maximum Gasteiger partial charge on any atom is 0.163 e. The van der Waals surface area contributed by atoms with Gasteiger partial charge in [-0.05, 0) is 24.5 Å². The van der Waals surface area contributed by atoms with Gasteiger partial charge in [-0.3, -0.25) is 0 Å². The summed E-state index contributed by atoms with van der Waals surface area (Å²) in [7, 11) is 0. The highest BCUT2D eigenvalue weighted by Gasteiger charge is 2.14. The Morgan fingerprint density at radius 3 is 2.95 bits per heavy atom. The molecule has 21 heavy (non-hydrogen) atoms. The van der Waals surface area contributed by atoms with Gasteiger partial charge >= 0.3 is 0 Å². The van der Waals surface area contributed by atoms with Crippen LogP contribution in [0.4, 0.5) is 0 Å². The number of aromatic amines is 1. The Hall–Kier alpha value is -2.19. The molecule has 5 nitrogen and oxygen atoms in total. The van der Waals surface area contributed by atoms with Crippen LogP contribution in [0.5, 0.6) is 0 Å². The van der Waals surface area contributed by atoms with Gasteiger partial charge in [-0.2, -0.15) is 5.26 Å². The lowest BCUT2D eigenvalue weighted by Crippen LogP contribution is -2.16. The van der Waals surface area contributed by atoms with Crippen LogP contribution in [-0.4, -0.2) is 21.5 Å². The Kier molecular flexibility index (Phi) is 4.27. The largest absolute Gasteiger partial charge is 0.374 e. The molecular weight excluding hydrogens is 264 g/mol. The lowest BCUT2D eigenvalue weighted by atomic mass is 9.98. The van der Waals surface area contributed by atoms with Crippen molar-refractivity contribution in [3.63, 3.8) is 0 Å². The molecule has 5 heteroatoms. The van der Waals surface area contributed by atoms with E-state index in [-0.39, 0.29) is 0 Å². The summed E-state index contributed by atoms with van der Waals surface area (Å²) in [6, 6.07) is 10.0. The summed E-state index contributed by atoms with van der Waals surface area (Å²) in [5.74, 6) is 0. The molecule has 1 heterocycles. The monoisotopic (exact) mass is 282 g/mol. The van der Waals surface area contributed by atoms with Crippen LogP contribution in [0.3, 0.4) is 0 Å². The number of benzene rings is 1. The molecule has 0 atom stereocenters. The third-order valence-corrected chi connectivity index (χ3v) is 3.90. The van der Waals surface area contributed by atoms with Crippen molar-refractivity contribution in [2.24, 2.45) is 0 Å². The first-order chi connectivity index (χ1) is 10.4. The van der Waals surface area contributed by atoms with Gasteiger partial charge in [0.25, 0.3) is 0 Å². The fraction of sp³-hybridized carbons (Fsp3) is 0.438. The topological polar surface area (TPSA) is 74.6 Å². The minimum Gasteiger partial charge on any atom is -0.374 e. The lowest BCUT2D eigenvalue weighted by Gasteiger charge is -2.22. The molecule has 0 unspecified atom stereocenters. The first-order valence-electron chi connectivity index (χ1n) is 7.39. The second-order valence-corrected chi connectivity index (χ2v) is 5.42. The normalized spacial score (nSPS) is 15.8. The van der Waals surface area contributed by atoms with Gasteiger partial charge in [0.1, 0.15) is 11.8 Å². The second kappa shape index (κ2) is 6.51. The van der Waals surface area contributed by atoms with Crippen molar-refractivity contribution in [2.75, 3.05) is 0 Å². The standard InChI is InChI=1S/C16H18N4O/c17-10-15-16(19-20-18-15)13-6-4-5-12(9-13)11-21-14-7-2-1-3-8-14/h4-6,9,14H,1-3,7-8,11H2,(H,18,19,20). The predicted molar refractivity (Wildman–Crippen MR) is 78.2 cm³/mol. The van der Waals surface area contributed by atoms with Gasteiger partial charge in [0, 0.05) is 5.56 Å². The number of nitrogens with zero attached hydrogens (tertiary/aromatic N) is 3. The van der Waals surface area contributed by atoms with Crippen molar-refractivity contribution < 1.29 is 4.74 Å². The van der Waals surface area contributed by atoms with Crippen molar-refractivity contribution in [1.29, 1.82) is 5.26 Å². The molecule has 1 aromatic carbocycles. The van der Waals surface area contributed by atoms with Gasteiger partial charge in [0.05, 0.1) is 12.7 Å². The highest BCUT2D eigenvalue weighted by molar-refractivity contribution is 5.64. The van der Waals surface area contributed by atoms with Crippen LogP contribution in [-0.2, 0) is 11.3 Å². The molecule has 0 amide bonds. The number of aromatic nitrogens is 3. The summed E-state index contributed by atoms with van der Waals surface area (Å²) in [5.41, 5.74) is 2.98. The van der Waals surface area contributed by atoms with E-state index in [9.17, 15) is 0 Å². The van der Waals surface area contributed by atoms with Gasteiger partial charge in [0.15, 0.2) is 5.69 Å². The Morgan fingerprint density at radius 1 is 1.29 bits per heavy atom. The fourth-order valence-electron chi connectivity index (χ4n) is 2.76. The van der Waals surface area contributed by atoms with Gasteiger partial charge in [-0.15, -0.1) is 5.10 Å². The molecule has 1 fully saturated rings. The van der Waals surface area contributed by atoms with E-state index in [0.717, 1.165) is 11.1 Å². The maximum absolute atomic E-state index is 9.03. The van der Waals surface area contributed by atoms with Gasteiger partial charge in [0.2, 0.25) is 0 Å². The Bertz CT molecular complexity index is 638.